The van der Waals surface area contributed by atoms with Crippen LogP contribution >= 0.6 is 23.1 Å². The normalized spacial score (nSPS) is 14.9. The van der Waals surface area contributed by atoms with E-state index in [0.717, 1.165) is 41.5 Å². The first kappa shape index (κ1) is 19.9. The average Bonchev–Trinajstić information content (AvgIpc) is 2.90. The quantitative estimate of drug-likeness (QED) is 0.277. The second-order valence-corrected chi connectivity index (χ2v) is 9.31. The van der Waals surface area contributed by atoms with Crippen molar-refractivity contribution in [3.05, 3.63) is 69.3 Å². The number of allylic oxidation sites excluding steroid dienone is 1. The number of fused-ring (bicyclic) bond motifs is 3. The van der Waals surface area contributed by atoms with Gasteiger partial charge < -0.3 is 5.73 Å². The second-order valence-electron chi connectivity index (χ2n) is 7.15. The van der Waals surface area contributed by atoms with Crippen molar-refractivity contribution in [1.82, 2.24) is 9.55 Å². The number of rotatable bonds is 6. The third-order valence-electron chi connectivity index (χ3n) is 5.19. The lowest BCUT2D eigenvalue weighted by Crippen LogP contribution is -2.25. The van der Waals surface area contributed by atoms with Gasteiger partial charge in [0.15, 0.2) is 5.16 Å². The molecule has 0 aliphatic heterocycles. The largest absolute Gasteiger partial charge is 0.368 e. The van der Waals surface area contributed by atoms with Gasteiger partial charge in [-0.05, 0) is 36.8 Å². The van der Waals surface area contributed by atoms with Gasteiger partial charge in [-0.3, -0.25) is 14.2 Å². The molecule has 0 radical (unpaired) electrons. The molecule has 3 aromatic rings. The summed E-state index contributed by atoms with van der Waals surface area (Å²) in [5, 5.41) is 0.634. The number of amides is 1. The molecule has 2 aromatic heterocycles. The van der Waals surface area contributed by atoms with Gasteiger partial charge in [0.2, 0.25) is 5.91 Å². The molecule has 0 spiro atoms. The van der Waals surface area contributed by atoms with Crippen LogP contribution in [-0.4, -0.2) is 15.5 Å². The Morgan fingerprint density at radius 1 is 1.28 bits per heavy atom. The number of benzene rings is 1. The van der Waals surface area contributed by atoms with Crippen LogP contribution in [0.2, 0.25) is 0 Å². The number of carbonyl (C=O) groups is 1. The zero-order valence-electron chi connectivity index (χ0n) is 16.1. The number of aromatic nitrogens is 2. The summed E-state index contributed by atoms with van der Waals surface area (Å²) in [5.41, 5.74) is 7.62. The van der Waals surface area contributed by atoms with Gasteiger partial charge in [0.25, 0.3) is 5.56 Å². The van der Waals surface area contributed by atoms with Gasteiger partial charge in [-0.2, -0.15) is 0 Å². The molecule has 1 aliphatic carbocycles. The highest BCUT2D eigenvalue weighted by atomic mass is 32.2. The van der Waals surface area contributed by atoms with Crippen LogP contribution in [0.1, 0.15) is 40.5 Å². The van der Waals surface area contributed by atoms with Crippen LogP contribution in [0.15, 0.2) is 52.9 Å². The van der Waals surface area contributed by atoms with Crippen molar-refractivity contribution in [1.29, 1.82) is 0 Å². The lowest BCUT2D eigenvalue weighted by atomic mass is 10.1. The Bertz CT molecular complexity index is 1120. The molecule has 2 N–H and O–H groups in total. The Morgan fingerprint density at radius 2 is 2.03 bits per heavy atom. The van der Waals surface area contributed by atoms with Gasteiger partial charge in [-0.25, -0.2) is 4.98 Å². The summed E-state index contributed by atoms with van der Waals surface area (Å²) in [6, 6.07) is 9.36. The summed E-state index contributed by atoms with van der Waals surface area (Å²) >= 11 is 2.85. The van der Waals surface area contributed by atoms with Crippen LogP contribution in [0.3, 0.4) is 0 Å². The Morgan fingerprint density at radius 3 is 2.76 bits per heavy atom. The maximum atomic E-state index is 13.4. The number of nitrogens with two attached hydrogens (primary N) is 1. The number of hydrogen-bond acceptors (Lipinski definition) is 5. The van der Waals surface area contributed by atoms with E-state index in [0.29, 0.717) is 11.7 Å². The number of thioether (sulfide) groups is 1. The lowest BCUT2D eigenvalue weighted by molar-refractivity contribution is -0.117. The molecule has 150 valence electrons. The fraction of sp³-hybridized carbons (Fsp3) is 0.318. The van der Waals surface area contributed by atoms with Crippen molar-refractivity contribution in [3.8, 4) is 0 Å². The van der Waals surface area contributed by atoms with Crippen LogP contribution < -0.4 is 11.3 Å². The Labute approximate surface area is 177 Å². The molecule has 5 nitrogen and oxygen atoms in total. The van der Waals surface area contributed by atoms with Gasteiger partial charge in [-0.1, -0.05) is 54.6 Å². The topological polar surface area (TPSA) is 78.0 Å². The zero-order valence-corrected chi connectivity index (χ0v) is 17.7. The highest BCUT2D eigenvalue weighted by Crippen LogP contribution is 2.37. The van der Waals surface area contributed by atoms with Gasteiger partial charge >= 0.3 is 0 Å². The first-order chi connectivity index (χ1) is 14.1. The van der Waals surface area contributed by atoms with Crippen LogP contribution in [0.5, 0.6) is 0 Å². The summed E-state index contributed by atoms with van der Waals surface area (Å²) < 4.78 is 1.62. The molecule has 0 saturated heterocycles. The van der Waals surface area contributed by atoms with Gasteiger partial charge in [-0.15, -0.1) is 17.9 Å². The van der Waals surface area contributed by atoms with Gasteiger partial charge in [0.1, 0.15) is 10.1 Å². The molecule has 7 heteroatoms. The number of hydrogen-bond donors (Lipinski definition) is 1. The summed E-state index contributed by atoms with van der Waals surface area (Å²) in [5.74, 6) is -0.456. The molecule has 1 aromatic carbocycles. The van der Waals surface area contributed by atoms with Crippen LogP contribution in [-0.2, 0) is 24.2 Å². The molecule has 1 aliphatic rings. The van der Waals surface area contributed by atoms with E-state index in [1.807, 2.05) is 30.3 Å². The molecular weight excluding hydrogens is 402 g/mol. The molecule has 2 heterocycles. The molecule has 0 bridgehead atoms. The minimum Gasteiger partial charge on any atom is -0.368 e. The van der Waals surface area contributed by atoms with Crippen LogP contribution in [0, 0.1) is 0 Å². The van der Waals surface area contributed by atoms with Crippen LogP contribution in [0.4, 0.5) is 0 Å². The number of nitrogens with zero attached hydrogens (tertiary/aromatic N) is 2. The fourth-order valence-corrected chi connectivity index (χ4v) is 6.16. The standard InChI is InChI=1S/C22H23N3O2S2/c1-2-13-25-21(27)17-15-11-7-4-8-12-16(15)28-20(17)24-22(25)29-18(19(23)26)14-9-5-3-6-10-14/h2-3,5-6,9-10,18H,1,4,7-8,11-13H2,(H2,23,26). The molecule has 0 fully saturated rings. The number of carbonyl (C=O) groups excluding carboxylic acids is 1. The fourth-order valence-electron chi connectivity index (χ4n) is 3.80. The Hall–Kier alpha value is -2.38. The molecular formula is C22H23N3O2S2. The highest BCUT2D eigenvalue weighted by molar-refractivity contribution is 8.00. The van der Waals surface area contributed by atoms with Crippen molar-refractivity contribution < 1.29 is 4.79 Å². The summed E-state index contributed by atoms with van der Waals surface area (Å²) in [4.78, 5) is 32.5. The van der Waals surface area contributed by atoms with E-state index in [-0.39, 0.29) is 5.56 Å². The van der Waals surface area contributed by atoms with Crippen molar-refractivity contribution in [2.75, 3.05) is 0 Å². The molecule has 1 amide bonds. The third kappa shape index (κ3) is 3.89. The Kier molecular flexibility index (Phi) is 5.87. The lowest BCUT2D eigenvalue weighted by Gasteiger charge is -2.16. The van der Waals surface area contributed by atoms with E-state index in [9.17, 15) is 9.59 Å². The molecule has 0 saturated carbocycles. The third-order valence-corrected chi connectivity index (χ3v) is 7.63. The van der Waals surface area contributed by atoms with Crippen molar-refractivity contribution >= 4 is 39.2 Å². The van der Waals surface area contributed by atoms with E-state index in [1.54, 1.807) is 22.0 Å². The molecule has 1 unspecified atom stereocenters. The van der Waals surface area contributed by atoms with E-state index in [1.165, 1.54) is 28.6 Å². The predicted octanol–water partition coefficient (Wildman–Crippen LogP) is 4.23. The van der Waals surface area contributed by atoms with Crippen molar-refractivity contribution in [2.45, 2.75) is 49.1 Å². The highest BCUT2D eigenvalue weighted by Gasteiger charge is 2.25. The maximum absolute atomic E-state index is 13.4. The van der Waals surface area contributed by atoms with Crippen molar-refractivity contribution in [2.24, 2.45) is 5.73 Å². The number of aryl methyl sites for hydroxylation is 2. The minimum atomic E-state index is -0.616. The van der Waals surface area contributed by atoms with Crippen LogP contribution in [0.25, 0.3) is 10.2 Å². The molecule has 4 rings (SSSR count). The summed E-state index contributed by atoms with van der Waals surface area (Å²) in [7, 11) is 0. The van der Waals surface area contributed by atoms with Crippen molar-refractivity contribution in [3.63, 3.8) is 0 Å². The van der Waals surface area contributed by atoms with E-state index in [4.69, 9.17) is 10.7 Å². The molecule has 1 atom stereocenters. The second kappa shape index (κ2) is 8.55. The SMILES string of the molecule is C=CCn1c(SC(C(N)=O)c2ccccc2)nc2sc3c(c2c1=O)CCCCC3. The number of primary amides is 1. The number of thiophene rings is 1. The first-order valence-electron chi connectivity index (χ1n) is 9.77. The van der Waals surface area contributed by atoms with E-state index < -0.39 is 11.2 Å². The Balaban J connectivity index is 1.85. The van der Waals surface area contributed by atoms with E-state index >= 15 is 0 Å². The van der Waals surface area contributed by atoms with E-state index in [2.05, 4.69) is 6.58 Å². The zero-order chi connectivity index (χ0) is 20.4. The average molecular weight is 426 g/mol. The smallest absolute Gasteiger partial charge is 0.263 e. The summed E-state index contributed by atoms with van der Waals surface area (Å²) in [6.45, 7) is 4.14. The minimum absolute atomic E-state index is 0.0481. The maximum Gasteiger partial charge on any atom is 0.263 e. The predicted molar refractivity (Wildman–Crippen MR) is 120 cm³/mol. The first-order valence-corrected chi connectivity index (χ1v) is 11.5. The van der Waals surface area contributed by atoms with Gasteiger partial charge in [0.05, 0.1) is 5.39 Å². The summed E-state index contributed by atoms with van der Waals surface area (Å²) in [6.07, 6.45) is 7.08. The monoisotopic (exact) mass is 425 g/mol. The van der Waals surface area contributed by atoms with Gasteiger partial charge in [0, 0.05) is 11.4 Å². The molecule has 29 heavy (non-hydrogen) atoms.